The molecule has 1 aromatic heterocycles. The van der Waals surface area contributed by atoms with E-state index in [4.69, 9.17) is 5.73 Å². The predicted molar refractivity (Wildman–Crippen MR) is 78.8 cm³/mol. The van der Waals surface area contributed by atoms with Crippen LogP contribution in [0.4, 0.5) is 0 Å². The highest BCUT2D eigenvalue weighted by atomic mass is 32.1. The number of hydrogen-bond acceptors (Lipinski definition) is 4. The maximum atomic E-state index is 12.1. The number of aromatic nitrogens is 1. The second-order valence-corrected chi connectivity index (χ2v) is 6.43. The van der Waals surface area contributed by atoms with E-state index in [1.54, 1.807) is 23.6 Å². The minimum Gasteiger partial charge on any atom is -0.339 e. The zero-order valence-electron chi connectivity index (χ0n) is 11.5. The molecule has 2 atom stereocenters. The summed E-state index contributed by atoms with van der Waals surface area (Å²) in [7, 11) is 0. The molecule has 0 saturated carbocycles. The van der Waals surface area contributed by atoms with Gasteiger partial charge in [0.25, 0.3) is 0 Å². The van der Waals surface area contributed by atoms with E-state index >= 15 is 0 Å². The molecule has 5 heteroatoms. The van der Waals surface area contributed by atoms with Gasteiger partial charge in [0.1, 0.15) is 0 Å². The maximum absolute atomic E-state index is 12.1. The van der Waals surface area contributed by atoms with Crippen molar-refractivity contribution in [3.63, 3.8) is 0 Å². The molecule has 1 aliphatic rings. The highest BCUT2D eigenvalue weighted by molar-refractivity contribution is 7.12. The van der Waals surface area contributed by atoms with Gasteiger partial charge in [-0.25, -0.2) is 4.98 Å². The van der Waals surface area contributed by atoms with Crippen LogP contribution in [0.25, 0.3) is 6.08 Å². The van der Waals surface area contributed by atoms with Gasteiger partial charge in [0.15, 0.2) is 0 Å². The molecule has 0 aromatic carbocycles. The van der Waals surface area contributed by atoms with E-state index in [9.17, 15) is 4.79 Å². The molecule has 2 rings (SSSR count). The van der Waals surface area contributed by atoms with Crippen molar-refractivity contribution in [1.29, 1.82) is 0 Å². The van der Waals surface area contributed by atoms with Crippen LogP contribution in [-0.4, -0.2) is 34.9 Å². The number of carbonyl (C=O) groups excluding carboxylic acids is 1. The summed E-state index contributed by atoms with van der Waals surface area (Å²) < 4.78 is 0. The maximum Gasteiger partial charge on any atom is 0.246 e. The minimum absolute atomic E-state index is 0.0800. The summed E-state index contributed by atoms with van der Waals surface area (Å²) in [6, 6.07) is 0.156. The lowest BCUT2D eigenvalue weighted by atomic mass is 9.92. The highest BCUT2D eigenvalue weighted by Crippen LogP contribution is 2.19. The van der Waals surface area contributed by atoms with Gasteiger partial charge in [-0.05, 0) is 38.7 Å². The second-order valence-electron chi connectivity index (χ2n) is 5.16. The first kappa shape index (κ1) is 14.2. The van der Waals surface area contributed by atoms with Gasteiger partial charge in [-0.1, -0.05) is 0 Å². The summed E-state index contributed by atoms with van der Waals surface area (Å²) in [5.74, 6) is 0.508. The van der Waals surface area contributed by atoms with Gasteiger partial charge in [-0.2, -0.15) is 0 Å². The Labute approximate surface area is 118 Å². The number of amides is 1. The van der Waals surface area contributed by atoms with Gasteiger partial charge >= 0.3 is 0 Å². The largest absolute Gasteiger partial charge is 0.339 e. The first-order chi connectivity index (χ1) is 9.06. The Morgan fingerprint density at radius 2 is 2.47 bits per heavy atom. The number of rotatable bonds is 3. The van der Waals surface area contributed by atoms with E-state index in [-0.39, 0.29) is 11.9 Å². The molecule has 4 nitrogen and oxygen atoms in total. The van der Waals surface area contributed by atoms with E-state index in [1.165, 1.54) is 0 Å². The average molecular weight is 279 g/mol. The molecule has 19 heavy (non-hydrogen) atoms. The third kappa shape index (κ3) is 3.88. The van der Waals surface area contributed by atoms with Crippen LogP contribution in [0, 0.1) is 12.8 Å². The lowest BCUT2D eigenvalue weighted by molar-refractivity contribution is -0.127. The molecule has 1 aliphatic heterocycles. The molecular formula is C14H21N3OS. The highest BCUT2D eigenvalue weighted by Gasteiger charge is 2.24. The molecule has 1 amide bonds. The number of nitrogens with two attached hydrogens (primary N) is 1. The number of aryl methyl sites for hydroxylation is 1. The van der Waals surface area contributed by atoms with Crippen molar-refractivity contribution in [2.45, 2.75) is 32.7 Å². The van der Waals surface area contributed by atoms with Crippen molar-refractivity contribution in [2.24, 2.45) is 11.7 Å². The Hall–Kier alpha value is -1.20. The molecule has 0 aliphatic carbocycles. The van der Waals surface area contributed by atoms with Crippen LogP contribution in [0.3, 0.4) is 0 Å². The summed E-state index contributed by atoms with van der Waals surface area (Å²) in [5.41, 5.74) is 5.93. The molecule has 0 radical (unpaired) electrons. The van der Waals surface area contributed by atoms with E-state index in [0.29, 0.717) is 5.92 Å². The summed E-state index contributed by atoms with van der Waals surface area (Å²) in [6.45, 7) is 5.60. The SMILES string of the molecule is Cc1ncc(/C=C/C(=O)N2CCCC(C(C)N)C2)s1. The number of thiazole rings is 1. The lowest BCUT2D eigenvalue weighted by Gasteiger charge is -2.34. The van der Waals surface area contributed by atoms with Gasteiger partial charge in [-0.15, -0.1) is 11.3 Å². The molecule has 1 saturated heterocycles. The number of hydrogen-bond donors (Lipinski definition) is 1. The predicted octanol–water partition coefficient (Wildman–Crippen LogP) is 2.05. The number of likely N-dealkylation sites (tertiary alicyclic amines) is 1. The topological polar surface area (TPSA) is 59.2 Å². The molecular weight excluding hydrogens is 258 g/mol. The Morgan fingerprint density at radius 1 is 1.68 bits per heavy atom. The third-order valence-corrected chi connectivity index (χ3v) is 4.42. The van der Waals surface area contributed by atoms with Crippen molar-refractivity contribution < 1.29 is 4.79 Å². The fraction of sp³-hybridized carbons (Fsp3) is 0.571. The monoisotopic (exact) mass is 279 g/mol. The van der Waals surface area contributed by atoms with Gasteiger partial charge in [-0.3, -0.25) is 4.79 Å². The van der Waals surface area contributed by atoms with Crippen molar-refractivity contribution >= 4 is 23.3 Å². The minimum atomic E-state index is 0.0800. The molecule has 2 heterocycles. The van der Waals surface area contributed by atoms with Gasteiger partial charge in [0.2, 0.25) is 5.91 Å². The van der Waals surface area contributed by atoms with E-state index < -0.39 is 0 Å². The Balaban J connectivity index is 1.94. The average Bonchev–Trinajstić information content (AvgIpc) is 2.82. The van der Waals surface area contributed by atoms with Crippen LogP contribution in [0.5, 0.6) is 0 Å². The zero-order valence-corrected chi connectivity index (χ0v) is 12.3. The number of carbonyl (C=O) groups is 1. The fourth-order valence-corrected chi connectivity index (χ4v) is 3.04. The summed E-state index contributed by atoms with van der Waals surface area (Å²) in [5, 5.41) is 1.02. The van der Waals surface area contributed by atoms with Crippen molar-refractivity contribution in [1.82, 2.24) is 9.88 Å². The quantitative estimate of drug-likeness (QED) is 0.862. The Kier molecular flexibility index (Phi) is 4.71. The molecule has 2 N–H and O–H groups in total. The molecule has 104 valence electrons. The zero-order chi connectivity index (χ0) is 13.8. The Morgan fingerprint density at radius 3 is 3.11 bits per heavy atom. The first-order valence-corrected chi connectivity index (χ1v) is 7.53. The Bertz CT molecular complexity index is 467. The van der Waals surface area contributed by atoms with Crippen LogP contribution in [-0.2, 0) is 4.79 Å². The number of nitrogens with zero attached hydrogens (tertiary/aromatic N) is 2. The molecule has 0 spiro atoms. The smallest absolute Gasteiger partial charge is 0.246 e. The van der Waals surface area contributed by atoms with Crippen LogP contribution in [0.2, 0.25) is 0 Å². The van der Waals surface area contributed by atoms with Crippen LogP contribution < -0.4 is 5.73 Å². The van der Waals surface area contributed by atoms with E-state index in [1.807, 2.05) is 24.8 Å². The lowest BCUT2D eigenvalue weighted by Crippen LogP contribution is -2.44. The fourth-order valence-electron chi connectivity index (χ4n) is 2.35. The van der Waals surface area contributed by atoms with Crippen molar-refractivity contribution in [2.75, 3.05) is 13.1 Å². The standard InChI is InChI=1S/C14H21N3OS/c1-10(15)12-4-3-7-17(9-12)14(18)6-5-13-8-16-11(2)19-13/h5-6,8,10,12H,3-4,7,9,15H2,1-2H3/b6-5+. The van der Waals surface area contributed by atoms with Crippen LogP contribution >= 0.6 is 11.3 Å². The van der Waals surface area contributed by atoms with E-state index in [0.717, 1.165) is 35.8 Å². The molecule has 1 fully saturated rings. The second kappa shape index (κ2) is 6.30. The molecule has 1 aromatic rings. The first-order valence-electron chi connectivity index (χ1n) is 6.71. The summed E-state index contributed by atoms with van der Waals surface area (Å²) in [4.78, 5) is 19.2. The number of piperidine rings is 1. The van der Waals surface area contributed by atoms with Gasteiger partial charge < -0.3 is 10.6 Å². The van der Waals surface area contributed by atoms with Crippen molar-refractivity contribution in [3.8, 4) is 0 Å². The van der Waals surface area contributed by atoms with Gasteiger partial charge in [0.05, 0.1) is 5.01 Å². The van der Waals surface area contributed by atoms with Crippen LogP contribution in [0.15, 0.2) is 12.3 Å². The normalized spacial score (nSPS) is 21.8. The van der Waals surface area contributed by atoms with E-state index in [2.05, 4.69) is 4.98 Å². The summed E-state index contributed by atoms with van der Waals surface area (Å²) in [6.07, 6.45) is 7.47. The van der Waals surface area contributed by atoms with Crippen molar-refractivity contribution in [3.05, 3.63) is 22.2 Å². The third-order valence-electron chi connectivity index (χ3n) is 3.54. The van der Waals surface area contributed by atoms with Crippen LogP contribution in [0.1, 0.15) is 29.7 Å². The molecule has 2 unspecified atom stereocenters. The summed E-state index contributed by atoms with van der Waals surface area (Å²) >= 11 is 1.59. The molecule has 0 bridgehead atoms. The van der Waals surface area contributed by atoms with Gasteiger partial charge in [0, 0.05) is 36.3 Å².